The fourth-order valence-corrected chi connectivity index (χ4v) is 5.79. The molecule has 0 unspecified atom stereocenters. The highest BCUT2D eigenvalue weighted by molar-refractivity contribution is 6.09. The maximum absolute atomic E-state index is 13.1. The highest BCUT2D eigenvalue weighted by Crippen LogP contribution is 2.33. The lowest BCUT2D eigenvalue weighted by Crippen LogP contribution is -2.44. The van der Waals surface area contributed by atoms with Gasteiger partial charge in [0.1, 0.15) is 0 Å². The zero-order valence-electron chi connectivity index (χ0n) is 20.4. The molecule has 1 aromatic heterocycles. The summed E-state index contributed by atoms with van der Waals surface area (Å²) in [7, 11) is 0. The Morgan fingerprint density at radius 1 is 1.03 bits per heavy atom. The number of aromatic nitrogens is 1. The number of para-hydroxylation sites is 1. The third-order valence-corrected chi connectivity index (χ3v) is 7.60. The molecule has 2 aromatic carbocycles. The first-order valence-corrected chi connectivity index (χ1v) is 13.1. The van der Waals surface area contributed by atoms with Crippen LogP contribution in [-0.4, -0.2) is 60.8 Å². The molecule has 2 fully saturated rings. The van der Waals surface area contributed by atoms with Crippen molar-refractivity contribution in [2.45, 2.75) is 51.6 Å². The molecule has 2 N–H and O–H groups in total. The van der Waals surface area contributed by atoms with E-state index in [9.17, 15) is 4.79 Å². The standard InChI is InChI=1S/C28H38N4O2/c1-2-32-26-11-6-4-8-22(26)24-20-21(12-13-27(24)32)30-25-10-5-3-9-23(25)28(33)29-14-7-15-31-16-18-34-19-17-31/h4,6,8,11-13,20,23,25,30H,2-3,5,7,9-10,14-19H2,1H3,(H,29,33)/t23-,25+/m0/s1. The first-order valence-electron chi connectivity index (χ1n) is 13.1. The van der Waals surface area contributed by atoms with Gasteiger partial charge in [-0.3, -0.25) is 9.69 Å². The number of aryl methyl sites for hydroxylation is 1. The maximum Gasteiger partial charge on any atom is 0.225 e. The van der Waals surface area contributed by atoms with Gasteiger partial charge in [0.05, 0.1) is 19.1 Å². The molecule has 6 heteroatoms. The number of rotatable bonds is 8. The number of hydrogen-bond acceptors (Lipinski definition) is 4. The molecule has 1 saturated heterocycles. The van der Waals surface area contributed by atoms with Crippen LogP contribution in [0.25, 0.3) is 21.8 Å². The number of fused-ring (bicyclic) bond motifs is 3. The first kappa shape index (κ1) is 23.2. The lowest BCUT2D eigenvalue weighted by Gasteiger charge is -2.32. The number of morpholine rings is 1. The summed E-state index contributed by atoms with van der Waals surface area (Å²) in [5.74, 6) is 0.243. The van der Waals surface area contributed by atoms with Gasteiger partial charge < -0.3 is 19.9 Å². The predicted octanol–water partition coefficient (Wildman–Crippen LogP) is 4.62. The van der Waals surface area contributed by atoms with Crippen molar-refractivity contribution in [3.8, 4) is 0 Å². The molecule has 182 valence electrons. The van der Waals surface area contributed by atoms with E-state index in [0.717, 1.165) is 77.3 Å². The molecule has 1 aliphatic heterocycles. The zero-order chi connectivity index (χ0) is 23.3. The fraction of sp³-hybridized carbons (Fsp3) is 0.536. The average molecular weight is 463 g/mol. The van der Waals surface area contributed by atoms with Crippen molar-refractivity contribution < 1.29 is 9.53 Å². The van der Waals surface area contributed by atoms with E-state index in [4.69, 9.17) is 4.74 Å². The van der Waals surface area contributed by atoms with Gasteiger partial charge >= 0.3 is 0 Å². The summed E-state index contributed by atoms with van der Waals surface area (Å²) in [6.45, 7) is 8.59. The van der Waals surface area contributed by atoms with Crippen LogP contribution in [0.5, 0.6) is 0 Å². The van der Waals surface area contributed by atoms with Crippen LogP contribution in [0.4, 0.5) is 5.69 Å². The minimum Gasteiger partial charge on any atom is -0.381 e. The minimum absolute atomic E-state index is 0.0322. The summed E-state index contributed by atoms with van der Waals surface area (Å²) < 4.78 is 7.79. The average Bonchev–Trinajstić information content (AvgIpc) is 3.20. The Hall–Kier alpha value is -2.57. The number of ether oxygens (including phenoxy) is 1. The Balaban J connectivity index is 1.24. The van der Waals surface area contributed by atoms with E-state index in [2.05, 4.69) is 69.5 Å². The summed E-state index contributed by atoms with van der Waals surface area (Å²) in [4.78, 5) is 15.5. The summed E-state index contributed by atoms with van der Waals surface area (Å²) in [5, 5.41) is 9.55. The fourth-order valence-electron chi connectivity index (χ4n) is 5.79. The van der Waals surface area contributed by atoms with Crippen LogP contribution in [0.15, 0.2) is 42.5 Å². The van der Waals surface area contributed by atoms with Crippen LogP contribution in [0.1, 0.15) is 39.0 Å². The van der Waals surface area contributed by atoms with E-state index < -0.39 is 0 Å². The van der Waals surface area contributed by atoms with Gasteiger partial charge in [-0.15, -0.1) is 0 Å². The van der Waals surface area contributed by atoms with Crippen molar-refractivity contribution in [1.82, 2.24) is 14.8 Å². The number of carbonyl (C=O) groups excluding carboxylic acids is 1. The van der Waals surface area contributed by atoms with E-state index in [0.29, 0.717) is 0 Å². The summed E-state index contributed by atoms with van der Waals surface area (Å²) in [5.41, 5.74) is 3.67. The number of hydrogen-bond donors (Lipinski definition) is 2. The molecule has 34 heavy (non-hydrogen) atoms. The monoisotopic (exact) mass is 462 g/mol. The summed E-state index contributed by atoms with van der Waals surface area (Å²) in [6.07, 6.45) is 5.31. The SMILES string of the molecule is CCn1c2ccccc2c2cc(N[C@@H]3CCCC[C@@H]3C(=O)NCCCN3CCOCC3)ccc21. The van der Waals surface area contributed by atoms with Crippen LogP contribution < -0.4 is 10.6 Å². The normalized spacial score (nSPS) is 21.7. The molecule has 1 aliphatic carbocycles. The molecule has 1 saturated carbocycles. The van der Waals surface area contributed by atoms with Gasteiger partial charge in [0.15, 0.2) is 0 Å². The summed E-state index contributed by atoms with van der Waals surface area (Å²) in [6, 6.07) is 15.5. The quantitative estimate of drug-likeness (QED) is 0.480. The van der Waals surface area contributed by atoms with E-state index in [1.807, 2.05) is 0 Å². The molecule has 0 bridgehead atoms. The minimum atomic E-state index is 0.0322. The Morgan fingerprint density at radius 2 is 1.82 bits per heavy atom. The smallest absolute Gasteiger partial charge is 0.225 e. The molecule has 2 heterocycles. The van der Waals surface area contributed by atoms with E-state index in [1.165, 1.54) is 28.2 Å². The Kier molecular flexibility index (Phi) is 7.36. The van der Waals surface area contributed by atoms with Gasteiger partial charge in [-0.25, -0.2) is 0 Å². The Morgan fingerprint density at radius 3 is 2.68 bits per heavy atom. The van der Waals surface area contributed by atoms with Gasteiger partial charge in [-0.1, -0.05) is 31.0 Å². The molecule has 6 nitrogen and oxygen atoms in total. The third kappa shape index (κ3) is 4.93. The molecular formula is C28H38N4O2. The Labute approximate surface area is 202 Å². The highest BCUT2D eigenvalue weighted by atomic mass is 16.5. The second kappa shape index (κ2) is 10.8. The predicted molar refractivity (Wildman–Crippen MR) is 139 cm³/mol. The summed E-state index contributed by atoms with van der Waals surface area (Å²) >= 11 is 0. The second-order valence-corrected chi connectivity index (χ2v) is 9.73. The Bertz CT molecular complexity index is 1120. The second-order valence-electron chi connectivity index (χ2n) is 9.73. The van der Waals surface area contributed by atoms with Crippen LogP contribution in [0, 0.1) is 5.92 Å². The number of amides is 1. The van der Waals surface area contributed by atoms with E-state index in [-0.39, 0.29) is 17.9 Å². The van der Waals surface area contributed by atoms with Crippen LogP contribution in [0.2, 0.25) is 0 Å². The highest BCUT2D eigenvalue weighted by Gasteiger charge is 2.31. The topological polar surface area (TPSA) is 58.5 Å². The van der Waals surface area contributed by atoms with Crippen molar-refractivity contribution in [2.24, 2.45) is 5.92 Å². The van der Waals surface area contributed by atoms with Crippen molar-refractivity contribution in [1.29, 1.82) is 0 Å². The molecule has 2 atom stereocenters. The maximum atomic E-state index is 13.1. The molecule has 0 radical (unpaired) electrons. The largest absolute Gasteiger partial charge is 0.381 e. The van der Waals surface area contributed by atoms with Crippen molar-refractivity contribution in [2.75, 3.05) is 44.7 Å². The lowest BCUT2D eigenvalue weighted by molar-refractivity contribution is -0.126. The zero-order valence-corrected chi connectivity index (χ0v) is 20.4. The van der Waals surface area contributed by atoms with Crippen molar-refractivity contribution >= 4 is 33.4 Å². The van der Waals surface area contributed by atoms with Gasteiger partial charge in [0.25, 0.3) is 0 Å². The number of nitrogens with one attached hydrogen (secondary N) is 2. The van der Waals surface area contributed by atoms with E-state index >= 15 is 0 Å². The van der Waals surface area contributed by atoms with Gasteiger partial charge in [0, 0.05) is 59.7 Å². The van der Waals surface area contributed by atoms with Crippen LogP contribution >= 0.6 is 0 Å². The first-order chi connectivity index (χ1) is 16.7. The van der Waals surface area contributed by atoms with Gasteiger partial charge in [0.2, 0.25) is 5.91 Å². The molecule has 1 amide bonds. The van der Waals surface area contributed by atoms with Gasteiger partial charge in [-0.2, -0.15) is 0 Å². The van der Waals surface area contributed by atoms with E-state index in [1.54, 1.807) is 0 Å². The number of benzene rings is 2. The molecule has 5 rings (SSSR count). The number of nitrogens with zero attached hydrogens (tertiary/aromatic N) is 2. The van der Waals surface area contributed by atoms with Crippen molar-refractivity contribution in [3.63, 3.8) is 0 Å². The van der Waals surface area contributed by atoms with Crippen LogP contribution in [0.3, 0.4) is 0 Å². The third-order valence-electron chi connectivity index (χ3n) is 7.60. The number of anilines is 1. The molecule has 0 spiro atoms. The molecular weight excluding hydrogens is 424 g/mol. The van der Waals surface area contributed by atoms with Crippen molar-refractivity contribution in [3.05, 3.63) is 42.5 Å². The van der Waals surface area contributed by atoms with Gasteiger partial charge in [-0.05, 0) is 57.0 Å². The number of carbonyl (C=O) groups is 1. The van der Waals surface area contributed by atoms with Crippen LogP contribution in [-0.2, 0) is 16.1 Å². The lowest BCUT2D eigenvalue weighted by atomic mass is 9.83. The molecule has 3 aromatic rings. The molecule has 2 aliphatic rings.